The lowest BCUT2D eigenvalue weighted by atomic mass is 10.1. The number of nitrogens with zero attached hydrogens (tertiary/aromatic N) is 2. The Kier molecular flexibility index (Phi) is 4.82. The smallest absolute Gasteiger partial charge is 0.311 e. The molecule has 0 saturated carbocycles. The minimum absolute atomic E-state index is 0.0592. The highest BCUT2D eigenvalue weighted by Crippen LogP contribution is 2.21. The van der Waals surface area contributed by atoms with Gasteiger partial charge in [0.25, 0.3) is 5.91 Å². The number of esters is 1. The highest BCUT2D eigenvalue weighted by atomic mass is 16.5. The van der Waals surface area contributed by atoms with Crippen LogP contribution >= 0.6 is 0 Å². The normalized spacial score (nSPS) is 16.9. The molecule has 1 atom stereocenters. The van der Waals surface area contributed by atoms with Crippen molar-refractivity contribution in [3.8, 4) is 0 Å². The monoisotopic (exact) mass is 347 g/mol. The first-order valence-corrected chi connectivity index (χ1v) is 7.71. The van der Waals surface area contributed by atoms with Crippen molar-refractivity contribution in [1.29, 1.82) is 0 Å². The largest absolute Gasteiger partial charge is 0.467 e. The second-order valence-corrected chi connectivity index (χ2v) is 5.73. The molecule has 1 aliphatic rings. The van der Waals surface area contributed by atoms with Crippen LogP contribution < -0.4 is 5.32 Å². The van der Waals surface area contributed by atoms with E-state index in [2.05, 4.69) is 10.5 Å². The van der Waals surface area contributed by atoms with Gasteiger partial charge in [0.2, 0.25) is 5.91 Å². The molecule has 1 aliphatic heterocycles. The van der Waals surface area contributed by atoms with Gasteiger partial charge in [-0.15, -0.1) is 0 Å². The molecule has 2 aromatic heterocycles. The third kappa shape index (κ3) is 4.25. The molecule has 1 N–H and O–H groups in total. The number of hydrogen-bond acceptors (Lipinski definition) is 7. The standard InChI is InChI=1S/C16H17N3O6/c1-10-5-13(18-25-10)17-14(20)9-24-16(22)11-6-15(21)19(7-11)8-12-3-2-4-23-12/h2-5,11H,6-9H2,1H3,(H,17,18,20)/t11-/m0/s1. The number of aromatic nitrogens is 1. The fourth-order valence-electron chi connectivity index (χ4n) is 2.53. The lowest BCUT2D eigenvalue weighted by Gasteiger charge is -2.14. The first-order chi connectivity index (χ1) is 12.0. The minimum Gasteiger partial charge on any atom is -0.467 e. The fraction of sp³-hybridized carbons (Fsp3) is 0.375. The molecule has 3 rings (SSSR count). The van der Waals surface area contributed by atoms with Gasteiger partial charge < -0.3 is 23.9 Å². The van der Waals surface area contributed by atoms with Crippen LogP contribution in [0.5, 0.6) is 0 Å². The second kappa shape index (κ2) is 7.20. The van der Waals surface area contributed by atoms with Crippen molar-refractivity contribution in [2.45, 2.75) is 19.9 Å². The van der Waals surface area contributed by atoms with Gasteiger partial charge in [-0.25, -0.2) is 0 Å². The van der Waals surface area contributed by atoms with Gasteiger partial charge in [-0.2, -0.15) is 0 Å². The van der Waals surface area contributed by atoms with Crippen molar-refractivity contribution in [3.05, 3.63) is 36.0 Å². The summed E-state index contributed by atoms with van der Waals surface area (Å²) in [6, 6.07) is 5.04. The Labute approximate surface area is 142 Å². The number of carbonyl (C=O) groups excluding carboxylic acids is 3. The average molecular weight is 347 g/mol. The molecule has 25 heavy (non-hydrogen) atoms. The second-order valence-electron chi connectivity index (χ2n) is 5.73. The molecule has 1 fully saturated rings. The maximum Gasteiger partial charge on any atom is 0.311 e. The van der Waals surface area contributed by atoms with Gasteiger partial charge in [0, 0.05) is 19.0 Å². The zero-order chi connectivity index (χ0) is 17.8. The van der Waals surface area contributed by atoms with Crippen LogP contribution in [0.4, 0.5) is 5.82 Å². The van der Waals surface area contributed by atoms with Crippen LogP contribution in [0.15, 0.2) is 33.4 Å². The zero-order valence-corrected chi connectivity index (χ0v) is 13.6. The van der Waals surface area contributed by atoms with Crippen LogP contribution in [0.1, 0.15) is 17.9 Å². The molecular weight excluding hydrogens is 330 g/mol. The van der Waals surface area contributed by atoms with Gasteiger partial charge in [-0.05, 0) is 19.1 Å². The van der Waals surface area contributed by atoms with Gasteiger partial charge in [-0.1, -0.05) is 5.16 Å². The summed E-state index contributed by atoms with van der Waals surface area (Å²) in [6.07, 6.45) is 1.58. The van der Waals surface area contributed by atoms with Crippen LogP contribution in [0.2, 0.25) is 0 Å². The van der Waals surface area contributed by atoms with E-state index in [9.17, 15) is 14.4 Å². The van der Waals surface area contributed by atoms with Gasteiger partial charge in [0.1, 0.15) is 11.5 Å². The lowest BCUT2D eigenvalue weighted by molar-refractivity contribution is -0.151. The number of anilines is 1. The lowest BCUT2D eigenvalue weighted by Crippen LogP contribution is -2.28. The molecule has 0 unspecified atom stereocenters. The summed E-state index contributed by atoms with van der Waals surface area (Å²) in [6.45, 7) is 1.78. The van der Waals surface area contributed by atoms with E-state index < -0.39 is 24.4 Å². The molecule has 9 heteroatoms. The van der Waals surface area contributed by atoms with Crippen LogP contribution in [0.25, 0.3) is 0 Å². The summed E-state index contributed by atoms with van der Waals surface area (Å²) >= 11 is 0. The summed E-state index contributed by atoms with van der Waals surface area (Å²) in [5.74, 6) is -0.414. The van der Waals surface area contributed by atoms with Crippen LogP contribution in [-0.4, -0.2) is 41.0 Å². The number of likely N-dealkylation sites (tertiary alicyclic amines) is 1. The summed E-state index contributed by atoms with van der Waals surface area (Å²) in [5.41, 5.74) is 0. The number of hydrogen-bond donors (Lipinski definition) is 1. The molecule has 2 aromatic rings. The summed E-state index contributed by atoms with van der Waals surface area (Å²) in [4.78, 5) is 37.3. The highest BCUT2D eigenvalue weighted by molar-refractivity contribution is 5.93. The Morgan fingerprint density at radius 3 is 3.00 bits per heavy atom. The maximum atomic E-state index is 12.1. The predicted octanol–water partition coefficient (Wildman–Crippen LogP) is 1.11. The molecule has 0 spiro atoms. The molecule has 9 nitrogen and oxygen atoms in total. The molecule has 3 heterocycles. The van der Waals surface area contributed by atoms with Crippen molar-refractivity contribution < 1.29 is 28.1 Å². The van der Waals surface area contributed by atoms with Crippen molar-refractivity contribution >= 4 is 23.6 Å². The van der Waals surface area contributed by atoms with Gasteiger partial charge in [0.15, 0.2) is 12.4 Å². The van der Waals surface area contributed by atoms with Crippen LogP contribution in [0.3, 0.4) is 0 Å². The molecule has 0 radical (unpaired) electrons. The van der Waals surface area contributed by atoms with Gasteiger partial charge >= 0.3 is 5.97 Å². The topological polar surface area (TPSA) is 115 Å². The highest BCUT2D eigenvalue weighted by Gasteiger charge is 2.35. The van der Waals surface area contributed by atoms with E-state index in [1.165, 1.54) is 11.2 Å². The van der Waals surface area contributed by atoms with E-state index in [4.69, 9.17) is 13.7 Å². The summed E-state index contributed by atoms with van der Waals surface area (Å²) in [7, 11) is 0. The number of ether oxygens (including phenoxy) is 1. The van der Waals surface area contributed by atoms with Crippen molar-refractivity contribution in [3.63, 3.8) is 0 Å². The number of rotatable bonds is 6. The van der Waals surface area contributed by atoms with E-state index in [0.717, 1.165) is 0 Å². The summed E-state index contributed by atoms with van der Waals surface area (Å²) < 4.78 is 15.0. The van der Waals surface area contributed by atoms with E-state index >= 15 is 0 Å². The Bertz CT molecular complexity index is 767. The third-order valence-corrected chi connectivity index (χ3v) is 3.72. The maximum absolute atomic E-state index is 12.1. The number of aryl methyl sites for hydroxylation is 1. The number of carbonyl (C=O) groups is 3. The van der Waals surface area contributed by atoms with Gasteiger partial charge in [-0.3, -0.25) is 14.4 Å². The number of furan rings is 1. The Morgan fingerprint density at radius 1 is 1.48 bits per heavy atom. The molecule has 2 amide bonds. The molecular formula is C16H17N3O6. The number of amides is 2. The molecule has 0 bridgehead atoms. The fourth-order valence-corrected chi connectivity index (χ4v) is 2.53. The van der Waals surface area contributed by atoms with Crippen LogP contribution in [0, 0.1) is 12.8 Å². The van der Waals surface area contributed by atoms with E-state index in [1.54, 1.807) is 25.1 Å². The first-order valence-electron chi connectivity index (χ1n) is 7.71. The van der Waals surface area contributed by atoms with Crippen LogP contribution in [-0.2, 0) is 25.7 Å². The minimum atomic E-state index is -0.593. The van der Waals surface area contributed by atoms with E-state index in [0.29, 0.717) is 18.1 Å². The van der Waals surface area contributed by atoms with E-state index in [1.807, 2.05) is 0 Å². The third-order valence-electron chi connectivity index (χ3n) is 3.72. The van der Waals surface area contributed by atoms with Crippen molar-refractivity contribution in [2.75, 3.05) is 18.5 Å². The van der Waals surface area contributed by atoms with Gasteiger partial charge in [0.05, 0.1) is 18.7 Å². The molecule has 0 aromatic carbocycles. The Balaban J connectivity index is 1.45. The molecule has 0 aliphatic carbocycles. The van der Waals surface area contributed by atoms with Crippen molar-refractivity contribution in [1.82, 2.24) is 10.1 Å². The quantitative estimate of drug-likeness (QED) is 0.778. The predicted molar refractivity (Wildman–Crippen MR) is 83.1 cm³/mol. The number of nitrogens with one attached hydrogen (secondary N) is 1. The Morgan fingerprint density at radius 2 is 2.32 bits per heavy atom. The average Bonchev–Trinajstić information content (AvgIpc) is 3.29. The SMILES string of the molecule is Cc1cc(NC(=O)COC(=O)[C@H]2CC(=O)N(Cc3ccco3)C2)no1. The summed E-state index contributed by atoms with van der Waals surface area (Å²) in [5, 5.41) is 6.05. The zero-order valence-electron chi connectivity index (χ0n) is 13.6. The first kappa shape index (κ1) is 16.7. The molecule has 1 saturated heterocycles. The molecule has 132 valence electrons. The van der Waals surface area contributed by atoms with E-state index in [-0.39, 0.29) is 24.7 Å². The van der Waals surface area contributed by atoms with Crippen molar-refractivity contribution in [2.24, 2.45) is 5.92 Å². The Hall–Kier alpha value is -3.10.